The molecule has 1 amide bonds. The number of amides is 1. The van der Waals surface area contributed by atoms with Crippen LogP contribution in [0.5, 0.6) is 0 Å². The number of nitrogens with one attached hydrogen (secondary N) is 1. The predicted molar refractivity (Wildman–Crippen MR) is 87.5 cm³/mol. The fraction of sp³-hybridized carbons (Fsp3) is 0.588. The molecule has 1 N–H and O–H groups in total. The molecule has 1 fully saturated rings. The van der Waals surface area contributed by atoms with Crippen molar-refractivity contribution in [1.82, 2.24) is 10.2 Å². The van der Waals surface area contributed by atoms with Crippen molar-refractivity contribution >= 4 is 11.6 Å². The molecular formula is C17H27N3O. The molecule has 1 aromatic rings. The quantitative estimate of drug-likeness (QED) is 0.797. The van der Waals surface area contributed by atoms with Crippen LogP contribution in [0, 0.1) is 0 Å². The maximum absolute atomic E-state index is 11.9. The lowest BCUT2D eigenvalue weighted by atomic mass is 10.2. The minimum Gasteiger partial charge on any atom is -0.362 e. The van der Waals surface area contributed by atoms with Gasteiger partial charge in [-0.15, -0.1) is 0 Å². The number of benzene rings is 1. The van der Waals surface area contributed by atoms with Crippen molar-refractivity contribution in [2.24, 2.45) is 0 Å². The highest BCUT2D eigenvalue weighted by Gasteiger charge is 2.20. The third-order valence-corrected chi connectivity index (χ3v) is 3.79. The van der Waals surface area contributed by atoms with Crippen molar-refractivity contribution in [3.05, 3.63) is 29.8 Å². The topological polar surface area (TPSA) is 35.6 Å². The summed E-state index contributed by atoms with van der Waals surface area (Å²) in [4.78, 5) is 15.7. The normalized spacial score (nSPS) is 14.0. The van der Waals surface area contributed by atoms with E-state index in [-0.39, 0.29) is 5.91 Å². The first-order chi connectivity index (χ1) is 10.1. The van der Waals surface area contributed by atoms with Crippen LogP contribution < -0.4 is 10.2 Å². The van der Waals surface area contributed by atoms with E-state index >= 15 is 0 Å². The molecule has 4 nitrogen and oxygen atoms in total. The molecule has 0 unspecified atom stereocenters. The van der Waals surface area contributed by atoms with Gasteiger partial charge in [-0.2, -0.15) is 0 Å². The Morgan fingerprint density at radius 2 is 1.90 bits per heavy atom. The van der Waals surface area contributed by atoms with E-state index < -0.39 is 0 Å². The molecule has 0 radical (unpaired) electrons. The lowest BCUT2D eigenvalue weighted by Gasteiger charge is -2.25. The SMILES string of the molecule is CCCN(CC(=O)N(C)C)c1ccc(CNC2CC2)cc1. The highest BCUT2D eigenvalue weighted by atomic mass is 16.2. The molecule has 0 bridgehead atoms. The smallest absolute Gasteiger partial charge is 0.241 e. The van der Waals surface area contributed by atoms with Crippen molar-refractivity contribution < 1.29 is 4.79 Å². The standard InChI is InChI=1S/C17H27N3O/c1-4-11-20(13-17(21)19(2)3)16-9-5-14(6-10-16)12-18-15-7-8-15/h5-6,9-10,15,18H,4,7-8,11-13H2,1-3H3. The monoisotopic (exact) mass is 289 g/mol. The zero-order valence-electron chi connectivity index (χ0n) is 13.4. The number of carbonyl (C=O) groups is 1. The van der Waals surface area contributed by atoms with Gasteiger partial charge in [0.1, 0.15) is 0 Å². The largest absolute Gasteiger partial charge is 0.362 e. The molecule has 1 aromatic carbocycles. The number of carbonyl (C=O) groups excluding carboxylic acids is 1. The van der Waals surface area contributed by atoms with Gasteiger partial charge in [-0.1, -0.05) is 19.1 Å². The molecule has 0 saturated heterocycles. The number of likely N-dealkylation sites (N-methyl/N-ethyl adjacent to an activating group) is 1. The van der Waals surface area contributed by atoms with Crippen LogP contribution >= 0.6 is 0 Å². The molecule has 21 heavy (non-hydrogen) atoms. The van der Waals surface area contributed by atoms with Crippen molar-refractivity contribution in [3.63, 3.8) is 0 Å². The Labute approximate surface area is 128 Å². The first kappa shape index (κ1) is 15.8. The minimum atomic E-state index is 0.142. The van der Waals surface area contributed by atoms with Crippen LogP contribution in [0.25, 0.3) is 0 Å². The summed E-state index contributed by atoms with van der Waals surface area (Å²) in [6.07, 6.45) is 3.66. The van der Waals surface area contributed by atoms with Crippen molar-refractivity contribution in [2.45, 2.75) is 38.8 Å². The molecule has 0 aromatic heterocycles. The van der Waals surface area contributed by atoms with Crippen molar-refractivity contribution in [2.75, 3.05) is 32.1 Å². The van der Waals surface area contributed by atoms with Crippen molar-refractivity contribution in [1.29, 1.82) is 0 Å². The van der Waals surface area contributed by atoms with Crippen LogP contribution in [-0.4, -0.2) is 44.0 Å². The van der Waals surface area contributed by atoms with E-state index in [2.05, 4.69) is 41.4 Å². The number of nitrogens with zero attached hydrogens (tertiary/aromatic N) is 2. The Morgan fingerprint density at radius 3 is 2.43 bits per heavy atom. The predicted octanol–water partition coefficient (Wildman–Crippen LogP) is 2.24. The van der Waals surface area contributed by atoms with Gasteiger partial charge in [0.05, 0.1) is 6.54 Å². The fourth-order valence-electron chi connectivity index (χ4n) is 2.25. The average Bonchev–Trinajstić information content (AvgIpc) is 3.29. The van der Waals surface area contributed by atoms with E-state index in [9.17, 15) is 4.79 Å². The van der Waals surface area contributed by atoms with Gasteiger partial charge in [-0.25, -0.2) is 0 Å². The average molecular weight is 289 g/mol. The minimum absolute atomic E-state index is 0.142. The van der Waals surface area contributed by atoms with Crippen LogP contribution in [0.4, 0.5) is 5.69 Å². The van der Waals surface area contributed by atoms with Gasteiger partial charge in [-0.05, 0) is 37.0 Å². The summed E-state index contributed by atoms with van der Waals surface area (Å²) < 4.78 is 0. The van der Waals surface area contributed by atoms with Gasteiger partial charge in [-0.3, -0.25) is 4.79 Å². The second-order valence-electron chi connectivity index (χ2n) is 6.03. The first-order valence-corrected chi connectivity index (χ1v) is 7.87. The molecule has 1 saturated carbocycles. The van der Waals surface area contributed by atoms with Crippen LogP contribution in [0.2, 0.25) is 0 Å². The van der Waals surface area contributed by atoms with E-state index in [0.717, 1.165) is 31.2 Å². The summed E-state index contributed by atoms with van der Waals surface area (Å²) in [5, 5.41) is 3.52. The molecule has 1 aliphatic rings. The van der Waals surface area contributed by atoms with E-state index in [1.807, 2.05) is 0 Å². The molecule has 0 spiro atoms. The Kier molecular flexibility index (Phi) is 5.62. The number of hydrogen-bond acceptors (Lipinski definition) is 3. The maximum atomic E-state index is 11.9. The summed E-state index contributed by atoms with van der Waals surface area (Å²) in [5.74, 6) is 0.142. The summed E-state index contributed by atoms with van der Waals surface area (Å²) in [6.45, 7) is 4.43. The second-order valence-corrected chi connectivity index (χ2v) is 6.03. The maximum Gasteiger partial charge on any atom is 0.241 e. The van der Waals surface area contributed by atoms with Gasteiger partial charge in [0.2, 0.25) is 5.91 Å². The van der Waals surface area contributed by atoms with Crippen LogP contribution in [0.3, 0.4) is 0 Å². The highest BCUT2D eigenvalue weighted by molar-refractivity contribution is 5.81. The fourth-order valence-corrected chi connectivity index (χ4v) is 2.25. The molecule has 4 heteroatoms. The number of hydrogen-bond donors (Lipinski definition) is 1. The van der Waals surface area contributed by atoms with Crippen LogP contribution in [0.1, 0.15) is 31.7 Å². The second kappa shape index (κ2) is 7.46. The summed E-state index contributed by atoms with van der Waals surface area (Å²) >= 11 is 0. The van der Waals surface area contributed by atoms with E-state index in [1.54, 1.807) is 19.0 Å². The third kappa shape index (κ3) is 5.05. The molecule has 2 rings (SSSR count). The van der Waals surface area contributed by atoms with Gasteiger partial charge in [0.25, 0.3) is 0 Å². The molecule has 1 aliphatic carbocycles. The summed E-state index contributed by atoms with van der Waals surface area (Å²) in [6, 6.07) is 9.31. The molecular weight excluding hydrogens is 262 g/mol. The van der Waals surface area contributed by atoms with Crippen molar-refractivity contribution in [3.8, 4) is 0 Å². The molecule has 0 heterocycles. The number of rotatable bonds is 8. The molecule has 116 valence electrons. The van der Waals surface area contributed by atoms with Crippen LogP contribution in [-0.2, 0) is 11.3 Å². The van der Waals surface area contributed by atoms with Gasteiger partial charge >= 0.3 is 0 Å². The zero-order valence-corrected chi connectivity index (χ0v) is 13.4. The highest BCUT2D eigenvalue weighted by Crippen LogP contribution is 2.20. The van der Waals surface area contributed by atoms with E-state index in [4.69, 9.17) is 0 Å². The Hall–Kier alpha value is -1.55. The van der Waals surface area contributed by atoms with Gasteiger partial charge < -0.3 is 15.1 Å². The lowest BCUT2D eigenvalue weighted by Crippen LogP contribution is -2.37. The Bertz CT molecular complexity index is 452. The van der Waals surface area contributed by atoms with Gasteiger partial charge in [0.15, 0.2) is 0 Å². The van der Waals surface area contributed by atoms with E-state index in [1.165, 1.54) is 18.4 Å². The van der Waals surface area contributed by atoms with Gasteiger partial charge in [0, 0.05) is 38.9 Å². The molecule has 0 aliphatic heterocycles. The Balaban J connectivity index is 1.96. The summed E-state index contributed by atoms with van der Waals surface area (Å²) in [5.41, 5.74) is 2.43. The lowest BCUT2D eigenvalue weighted by molar-refractivity contribution is -0.127. The number of anilines is 1. The van der Waals surface area contributed by atoms with Crippen LogP contribution in [0.15, 0.2) is 24.3 Å². The van der Waals surface area contributed by atoms with E-state index in [0.29, 0.717) is 6.54 Å². The third-order valence-electron chi connectivity index (χ3n) is 3.79. The first-order valence-electron chi connectivity index (χ1n) is 7.87. The summed E-state index contributed by atoms with van der Waals surface area (Å²) in [7, 11) is 3.61. The zero-order chi connectivity index (χ0) is 15.2. The Morgan fingerprint density at radius 1 is 1.24 bits per heavy atom. The molecule has 0 atom stereocenters.